The van der Waals surface area contributed by atoms with Gasteiger partial charge >= 0.3 is 0 Å². The first-order chi connectivity index (χ1) is 12.6. The topological polar surface area (TPSA) is 109 Å². The maximum atomic E-state index is 12.2. The van der Waals surface area contributed by atoms with Gasteiger partial charge in [-0.25, -0.2) is 0 Å². The maximum absolute atomic E-state index is 12.2. The smallest absolute Gasteiger partial charge is 0.263 e. The minimum atomic E-state index is -0.483. The summed E-state index contributed by atoms with van der Waals surface area (Å²) < 4.78 is 10.5. The standard InChI is InChI=1S/C19H18N4O3/c1-12-2-4-15(21)16(6-12)22-10-14(8-20)19(24)23-9-13-3-5-17-18(7-13)26-11-25-17/h2-7,10,22H,9,11,21H2,1H3,(H,23,24)/b14-10-. The van der Waals surface area contributed by atoms with Crippen molar-refractivity contribution in [3.8, 4) is 17.6 Å². The molecule has 3 rings (SSSR count). The van der Waals surface area contributed by atoms with E-state index in [0.29, 0.717) is 22.9 Å². The number of rotatable bonds is 5. The Morgan fingerprint density at radius 1 is 1.27 bits per heavy atom. The fraction of sp³-hybridized carbons (Fsp3) is 0.158. The van der Waals surface area contributed by atoms with Gasteiger partial charge in [0.15, 0.2) is 11.5 Å². The molecule has 1 amide bonds. The van der Waals surface area contributed by atoms with Gasteiger partial charge in [-0.1, -0.05) is 12.1 Å². The van der Waals surface area contributed by atoms with Crippen molar-refractivity contribution in [2.45, 2.75) is 13.5 Å². The molecule has 0 aromatic heterocycles. The van der Waals surface area contributed by atoms with Crippen LogP contribution in [-0.2, 0) is 11.3 Å². The van der Waals surface area contributed by atoms with Crippen LogP contribution in [0.15, 0.2) is 48.2 Å². The molecule has 0 unspecified atom stereocenters. The molecule has 0 aliphatic carbocycles. The zero-order valence-electron chi connectivity index (χ0n) is 14.2. The summed E-state index contributed by atoms with van der Waals surface area (Å²) in [6.07, 6.45) is 1.35. The third-order valence-electron chi connectivity index (χ3n) is 3.84. The third kappa shape index (κ3) is 3.87. The lowest BCUT2D eigenvalue weighted by molar-refractivity contribution is -0.117. The predicted octanol–water partition coefficient (Wildman–Crippen LogP) is 2.44. The van der Waals surface area contributed by atoms with Crippen LogP contribution in [-0.4, -0.2) is 12.7 Å². The minimum Gasteiger partial charge on any atom is -0.454 e. The summed E-state index contributed by atoms with van der Waals surface area (Å²) in [7, 11) is 0. The number of nitrogens with two attached hydrogens (primary N) is 1. The molecule has 0 radical (unpaired) electrons. The Bertz CT molecular complexity index is 915. The lowest BCUT2D eigenvalue weighted by Gasteiger charge is -2.08. The van der Waals surface area contributed by atoms with E-state index < -0.39 is 5.91 Å². The van der Waals surface area contributed by atoms with Crippen molar-refractivity contribution in [2.24, 2.45) is 0 Å². The minimum absolute atomic E-state index is 0.0494. The van der Waals surface area contributed by atoms with Crippen molar-refractivity contribution in [1.29, 1.82) is 5.26 Å². The first kappa shape index (κ1) is 17.2. The van der Waals surface area contributed by atoms with Crippen LogP contribution >= 0.6 is 0 Å². The molecule has 7 heteroatoms. The lowest BCUT2D eigenvalue weighted by atomic mass is 10.2. The van der Waals surface area contributed by atoms with Crippen molar-refractivity contribution in [1.82, 2.24) is 5.32 Å². The number of hydrogen-bond acceptors (Lipinski definition) is 6. The lowest BCUT2D eigenvalue weighted by Crippen LogP contribution is -2.24. The summed E-state index contributed by atoms with van der Waals surface area (Å²) in [5.74, 6) is 0.839. The Morgan fingerprint density at radius 2 is 2.08 bits per heavy atom. The molecule has 0 bridgehead atoms. The Labute approximate surface area is 151 Å². The zero-order chi connectivity index (χ0) is 18.5. The molecule has 0 saturated heterocycles. The molecule has 1 aliphatic heterocycles. The van der Waals surface area contributed by atoms with Gasteiger partial charge in [0.05, 0.1) is 11.4 Å². The largest absolute Gasteiger partial charge is 0.454 e. The summed E-state index contributed by atoms with van der Waals surface area (Å²) in [6, 6.07) is 12.8. The molecule has 0 spiro atoms. The van der Waals surface area contributed by atoms with E-state index in [-0.39, 0.29) is 18.9 Å². The summed E-state index contributed by atoms with van der Waals surface area (Å²) in [5, 5.41) is 14.9. The fourth-order valence-electron chi connectivity index (χ4n) is 2.42. The highest BCUT2D eigenvalue weighted by Crippen LogP contribution is 2.32. The van der Waals surface area contributed by atoms with Gasteiger partial charge in [-0.15, -0.1) is 0 Å². The Balaban J connectivity index is 1.63. The second-order valence-electron chi connectivity index (χ2n) is 5.78. The van der Waals surface area contributed by atoms with E-state index in [4.69, 9.17) is 15.2 Å². The predicted molar refractivity (Wildman–Crippen MR) is 97.3 cm³/mol. The molecule has 2 aromatic carbocycles. The van der Waals surface area contributed by atoms with Crippen molar-refractivity contribution in [2.75, 3.05) is 17.8 Å². The second kappa shape index (κ2) is 7.49. The van der Waals surface area contributed by atoms with E-state index in [1.54, 1.807) is 18.2 Å². The summed E-state index contributed by atoms with van der Waals surface area (Å²) in [4.78, 5) is 12.2. The van der Waals surface area contributed by atoms with Crippen LogP contribution in [0, 0.1) is 18.3 Å². The SMILES string of the molecule is Cc1ccc(N)c(N/C=C(/C#N)C(=O)NCc2ccc3c(c2)OCO3)c1. The maximum Gasteiger partial charge on any atom is 0.263 e. The van der Waals surface area contributed by atoms with Gasteiger partial charge in [-0.05, 0) is 42.3 Å². The number of carbonyl (C=O) groups excluding carboxylic acids is 1. The van der Waals surface area contributed by atoms with Crippen LogP contribution in [0.25, 0.3) is 0 Å². The molecule has 0 saturated carbocycles. The van der Waals surface area contributed by atoms with Gasteiger partial charge in [0, 0.05) is 12.7 Å². The number of nitriles is 1. The number of ether oxygens (including phenoxy) is 2. The van der Waals surface area contributed by atoms with Crippen molar-refractivity contribution in [3.05, 3.63) is 59.3 Å². The van der Waals surface area contributed by atoms with Crippen LogP contribution < -0.4 is 25.8 Å². The van der Waals surface area contributed by atoms with Crippen LogP contribution in [0.5, 0.6) is 11.5 Å². The van der Waals surface area contributed by atoms with Gasteiger partial charge in [-0.2, -0.15) is 5.26 Å². The highest BCUT2D eigenvalue weighted by molar-refractivity contribution is 5.97. The quantitative estimate of drug-likeness (QED) is 0.434. The third-order valence-corrected chi connectivity index (χ3v) is 3.84. The van der Waals surface area contributed by atoms with Crippen LogP contribution in [0.2, 0.25) is 0 Å². The molecule has 1 heterocycles. The molecule has 1 aliphatic rings. The van der Waals surface area contributed by atoms with E-state index in [9.17, 15) is 10.1 Å². The number of amides is 1. The Morgan fingerprint density at radius 3 is 2.88 bits per heavy atom. The first-order valence-electron chi connectivity index (χ1n) is 7.96. The van der Waals surface area contributed by atoms with E-state index >= 15 is 0 Å². The summed E-state index contributed by atoms with van der Waals surface area (Å²) in [5.41, 5.74) is 8.86. The molecule has 132 valence electrons. The molecule has 4 N–H and O–H groups in total. The molecule has 2 aromatic rings. The number of aryl methyl sites for hydroxylation is 1. The monoisotopic (exact) mass is 350 g/mol. The average Bonchev–Trinajstić information content (AvgIpc) is 3.11. The van der Waals surface area contributed by atoms with E-state index in [2.05, 4.69) is 10.6 Å². The van der Waals surface area contributed by atoms with Gasteiger partial charge in [0.1, 0.15) is 11.6 Å². The number of nitrogen functional groups attached to an aromatic ring is 1. The van der Waals surface area contributed by atoms with Crippen molar-refractivity contribution < 1.29 is 14.3 Å². The molecular weight excluding hydrogens is 332 g/mol. The Kier molecular flexibility index (Phi) is 4.94. The second-order valence-corrected chi connectivity index (χ2v) is 5.78. The Hall–Kier alpha value is -3.66. The highest BCUT2D eigenvalue weighted by Gasteiger charge is 2.14. The molecular formula is C19H18N4O3. The zero-order valence-corrected chi connectivity index (χ0v) is 14.2. The number of carbonyl (C=O) groups is 1. The number of fused-ring (bicyclic) bond motifs is 1. The number of hydrogen-bond donors (Lipinski definition) is 3. The molecule has 26 heavy (non-hydrogen) atoms. The van der Waals surface area contributed by atoms with E-state index in [0.717, 1.165) is 11.1 Å². The molecule has 0 atom stereocenters. The van der Waals surface area contributed by atoms with Gasteiger partial charge in [0.2, 0.25) is 6.79 Å². The van der Waals surface area contributed by atoms with Gasteiger partial charge in [-0.3, -0.25) is 4.79 Å². The number of nitrogens with zero attached hydrogens (tertiary/aromatic N) is 1. The van der Waals surface area contributed by atoms with Crippen molar-refractivity contribution in [3.63, 3.8) is 0 Å². The van der Waals surface area contributed by atoms with Crippen LogP contribution in [0.3, 0.4) is 0 Å². The fourth-order valence-corrected chi connectivity index (χ4v) is 2.42. The van der Waals surface area contributed by atoms with E-state index in [1.165, 1.54) is 6.20 Å². The van der Waals surface area contributed by atoms with E-state index in [1.807, 2.05) is 31.2 Å². The van der Waals surface area contributed by atoms with Gasteiger partial charge in [0.25, 0.3) is 5.91 Å². The molecule has 0 fully saturated rings. The number of nitrogens with one attached hydrogen (secondary N) is 2. The van der Waals surface area contributed by atoms with Crippen molar-refractivity contribution >= 4 is 17.3 Å². The first-order valence-corrected chi connectivity index (χ1v) is 7.96. The van der Waals surface area contributed by atoms with Crippen LogP contribution in [0.1, 0.15) is 11.1 Å². The van der Waals surface area contributed by atoms with Gasteiger partial charge < -0.3 is 25.8 Å². The summed E-state index contributed by atoms with van der Waals surface area (Å²) in [6.45, 7) is 2.39. The average molecular weight is 350 g/mol. The highest BCUT2D eigenvalue weighted by atomic mass is 16.7. The van der Waals surface area contributed by atoms with Crippen LogP contribution in [0.4, 0.5) is 11.4 Å². The molecule has 7 nitrogen and oxygen atoms in total. The normalized spacial score (nSPS) is 12.4. The number of anilines is 2. The summed E-state index contributed by atoms with van der Waals surface area (Å²) >= 11 is 0. The number of benzene rings is 2.